The van der Waals surface area contributed by atoms with Crippen LogP contribution in [0.2, 0.25) is 0 Å². The van der Waals surface area contributed by atoms with E-state index in [0.717, 1.165) is 5.92 Å². The van der Waals surface area contributed by atoms with Crippen LogP contribution in [0.25, 0.3) is 0 Å². The fraction of sp³-hybridized carbons (Fsp3) is 1.00. The van der Waals surface area contributed by atoms with Gasteiger partial charge in [0.25, 0.3) is 0 Å². The van der Waals surface area contributed by atoms with Crippen molar-refractivity contribution in [2.75, 3.05) is 41.3 Å². The van der Waals surface area contributed by atoms with E-state index in [1.807, 2.05) is 0 Å². The van der Waals surface area contributed by atoms with Crippen LogP contribution in [0.5, 0.6) is 0 Å². The molecule has 1 fully saturated rings. The topological polar surface area (TPSA) is 18.5 Å². The summed E-state index contributed by atoms with van der Waals surface area (Å²) in [6.07, 6.45) is 3.23. The second-order valence-corrected chi connectivity index (χ2v) is 4.59. The van der Waals surface area contributed by atoms with Gasteiger partial charge in [-0.25, -0.2) is 0 Å². The van der Waals surface area contributed by atoms with Gasteiger partial charge in [0, 0.05) is 13.1 Å². The van der Waals surface area contributed by atoms with E-state index in [9.17, 15) is 0 Å². The van der Waals surface area contributed by atoms with Gasteiger partial charge in [-0.3, -0.25) is 4.90 Å². The quantitative estimate of drug-likeness (QED) is 0.688. The molecule has 0 aromatic heterocycles. The van der Waals surface area contributed by atoms with Crippen LogP contribution in [-0.4, -0.2) is 57.2 Å². The molecule has 0 saturated carbocycles. The Morgan fingerprint density at radius 2 is 1.85 bits per heavy atom. The largest absolute Gasteiger partial charge is 0.309 e. The van der Waals surface area contributed by atoms with Crippen LogP contribution in [0, 0.1) is 5.92 Å². The van der Waals surface area contributed by atoms with Crippen molar-refractivity contribution in [3.63, 3.8) is 0 Å². The lowest BCUT2D eigenvalue weighted by atomic mass is 9.97. The summed E-state index contributed by atoms with van der Waals surface area (Å²) in [5, 5.41) is 3.57. The van der Waals surface area contributed by atoms with E-state index in [4.69, 9.17) is 0 Å². The number of nitrogens with zero attached hydrogens (tertiary/aromatic N) is 2. The first-order valence-corrected chi connectivity index (χ1v) is 5.14. The minimum absolute atomic E-state index is 0.596. The molecule has 0 aliphatic carbocycles. The summed E-state index contributed by atoms with van der Waals surface area (Å²) in [7, 11) is 8.59. The van der Waals surface area contributed by atoms with Crippen LogP contribution >= 0.6 is 0 Å². The normalized spacial score (nSPS) is 30.0. The molecule has 1 rings (SSSR count). The molecule has 3 nitrogen and oxygen atoms in total. The molecule has 1 saturated heterocycles. The van der Waals surface area contributed by atoms with E-state index in [1.54, 1.807) is 0 Å². The maximum Gasteiger partial charge on any atom is 0.0592 e. The number of nitrogens with one attached hydrogen (secondary N) is 1. The minimum atomic E-state index is 0.596. The van der Waals surface area contributed by atoms with E-state index in [-0.39, 0.29) is 0 Å². The fourth-order valence-corrected chi connectivity index (χ4v) is 2.01. The van der Waals surface area contributed by atoms with Crippen molar-refractivity contribution in [3.05, 3.63) is 0 Å². The average Bonchev–Trinajstić information content (AvgIpc) is 2.04. The number of piperidine rings is 1. The Labute approximate surface area is 82.1 Å². The third kappa shape index (κ3) is 3.63. The van der Waals surface area contributed by atoms with Gasteiger partial charge in [-0.2, -0.15) is 0 Å². The van der Waals surface area contributed by atoms with Gasteiger partial charge in [-0.15, -0.1) is 0 Å². The lowest BCUT2D eigenvalue weighted by Crippen LogP contribution is -2.48. The van der Waals surface area contributed by atoms with Crippen molar-refractivity contribution in [3.8, 4) is 0 Å². The van der Waals surface area contributed by atoms with Crippen LogP contribution in [0.15, 0.2) is 0 Å². The van der Waals surface area contributed by atoms with Gasteiger partial charge in [0.05, 0.1) is 6.17 Å². The Morgan fingerprint density at radius 3 is 2.23 bits per heavy atom. The molecular formula is C10H23N3. The summed E-state index contributed by atoms with van der Waals surface area (Å²) in [5.41, 5.74) is 0. The first kappa shape index (κ1) is 11.0. The molecule has 0 amide bonds. The molecule has 1 heterocycles. The Kier molecular flexibility index (Phi) is 4.16. The van der Waals surface area contributed by atoms with Gasteiger partial charge in [-0.1, -0.05) is 0 Å². The molecule has 1 N–H and O–H groups in total. The molecular weight excluding hydrogens is 162 g/mol. The van der Waals surface area contributed by atoms with Gasteiger partial charge in [0.2, 0.25) is 0 Å². The molecule has 1 aliphatic rings. The van der Waals surface area contributed by atoms with Crippen molar-refractivity contribution >= 4 is 0 Å². The highest BCUT2D eigenvalue weighted by Gasteiger charge is 2.21. The van der Waals surface area contributed by atoms with Crippen molar-refractivity contribution in [1.29, 1.82) is 0 Å². The molecule has 1 aliphatic heterocycles. The highest BCUT2D eigenvalue weighted by molar-refractivity contribution is 4.77. The predicted molar refractivity (Wildman–Crippen MR) is 56.8 cm³/mol. The zero-order chi connectivity index (χ0) is 9.84. The molecule has 2 atom stereocenters. The highest BCUT2D eigenvalue weighted by Crippen LogP contribution is 2.15. The van der Waals surface area contributed by atoms with Crippen LogP contribution in [0.3, 0.4) is 0 Å². The van der Waals surface area contributed by atoms with Gasteiger partial charge in [-0.05, 0) is 47.0 Å². The van der Waals surface area contributed by atoms with Crippen LogP contribution < -0.4 is 5.32 Å². The molecule has 78 valence electrons. The van der Waals surface area contributed by atoms with Crippen LogP contribution in [-0.2, 0) is 0 Å². The highest BCUT2D eigenvalue weighted by atomic mass is 15.2. The molecule has 2 unspecified atom stereocenters. The van der Waals surface area contributed by atoms with Crippen molar-refractivity contribution < 1.29 is 0 Å². The fourth-order valence-electron chi connectivity index (χ4n) is 2.01. The Bertz CT molecular complexity index is 137. The Morgan fingerprint density at radius 1 is 1.15 bits per heavy atom. The molecule has 0 aromatic carbocycles. The summed E-state index contributed by atoms with van der Waals surface area (Å²) >= 11 is 0. The minimum Gasteiger partial charge on any atom is -0.309 e. The van der Waals surface area contributed by atoms with E-state index >= 15 is 0 Å². The maximum absolute atomic E-state index is 3.57. The molecule has 0 aromatic rings. The van der Waals surface area contributed by atoms with Crippen LogP contribution in [0.4, 0.5) is 0 Å². The van der Waals surface area contributed by atoms with Gasteiger partial charge < -0.3 is 10.2 Å². The molecule has 0 spiro atoms. The predicted octanol–water partition coefficient (Wildman–Crippen LogP) is 0.435. The molecule has 13 heavy (non-hydrogen) atoms. The van der Waals surface area contributed by atoms with Gasteiger partial charge >= 0.3 is 0 Å². The van der Waals surface area contributed by atoms with Crippen LogP contribution in [0.1, 0.15) is 12.8 Å². The Balaban J connectivity index is 2.22. The second kappa shape index (κ2) is 4.94. The Hall–Kier alpha value is -0.120. The summed E-state index contributed by atoms with van der Waals surface area (Å²) in [4.78, 5) is 4.55. The zero-order valence-corrected chi connectivity index (χ0v) is 9.38. The molecule has 0 bridgehead atoms. The van der Waals surface area contributed by atoms with E-state index < -0.39 is 0 Å². The third-order valence-electron chi connectivity index (χ3n) is 2.74. The molecule has 0 radical (unpaired) electrons. The number of hydrogen-bond acceptors (Lipinski definition) is 3. The van der Waals surface area contributed by atoms with Gasteiger partial charge in [0.1, 0.15) is 0 Å². The van der Waals surface area contributed by atoms with Crippen molar-refractivity contribution in [2.45, 2.75) is 19.0 Å². The summed E-state index contributed by atoms with van der Waals surface area (Å²) in [6.45, 7) is 2.38. The van der Waals surface area contributed by atoms with E-state index in [2.05, 4.69) is 43.3 Å². The lowest BCUT2D eigenvalue weighted by molar-refractivity contribution is 0.158. The van der Waals surface area contributed by atoms with Crippen molar-refractivity contribution in [1.82, 2.24) is 15.1 Å². The zero-order valence-electron chi connectivity index (χ0n) is 9.38. The number of rotatable bonds is 3. The first-order chi connectivity index (χ1) is 6.09. The van der Waals surface area contributed by atoms with Gasteiger partial charge in [0.15, 0.2) is 0 Å². The monoisotopic (exact) mass is 185 g/mol. The summed E-state index contributed by atoms with van der Waals surface area (Å²) < 4.78 is 0. The third-order valence-corrected chi connectivity index (χ3v) is 2.74. The average molecular weight is 185 g/mol. The SMILES string of the molecule is CN(C)CC1CCC(N(C)C)NC1. The van der Waals surface area contributed by atoms with E-state index in [1.165, 1.54) is 25.9 Å². The second-order valence-electron chi connectivity index (χ2n) is 4.59. The lowest BCUT2D eigenvalue weighted by Gasteiger charge is -2.34. The van der Waals surface area contributed by atoms with Crippen molar-refractivity contribution in [2.24, 2.45) is 5.92 Å². The first-order valence-electron chi connectivity index (χ1n) is 5.14. The van der Waals surface area contributed by atoms with E-state index in [0.29, 0.717) is 6.17 Å². The molecule has 3 heteroatoms. The summed E-state index contributed by atoms with van der Waals surface area (Å²) in [5.74, 6) is 0.839. The maximum atomic E-state index is 3.57. The number of hydrogen-bond donors (Lipinski definition) is 1. The smallest absolute Gasteiger partial charge is 0.0592 e. The summed E-state index contributed by atoms with van der Waals surface area (Å²) in [6, 6.07) is 0. The standard InChI is InChI=1S/C10H23N3/c1-12(2)8-9-5-6-10(11-7-9)13(3)4/h9-11H,5-8H2,1-4H3.